The van der Waals surface area contributed by atoms with Crippen LogP contribution in [-0.4, -0.2) is 37.1 Å². The molecule has 0 saturated carbocycles. The van der Waals surface area contributed by atoms with E-state index in [1.807, 2.05) is 6.92 Å². The van der Waals surface area contributed by atoms with Crippen molar-refractivity contribution in [2.75, 3.05) is 14.1 Å². The summed E-state index contributed by atoms with van der Waals surface area (Å²) >= 11 is 0. The smallest absolute Gasteiger partial charge is 0.325 e. The minimum absolute atomic E-state index is 0.00535. The number of nitrogens with one attached hydrogen (secondary N) is 1. The average molecular weight is 343 g/mol. The van der Waals surface area contributed by atoms with Crippen molar-refractivity contribution in [1.82, 2.24) is 10.4 Å². The Balaban J connectivity index is 3.49. The lowest BCUT2D eigenvalue weighted by atomic mass is 10.1. The van der Waals surface area contributed by atoms with Crippen LogP contribution in [0.1, 0.15) is 90.9 Å². The van der Waals surface area contributed by atoms with Gasteiger partial charge in [0.25, 0.3) is 0 Å². The van der Waals surface area contributed by atoms with Crippen LogP contribution in [0.4, 0.5) is 0 Å². The molecule has 0 fully saturated rings. The molecule has 0 rings (SSSR count). The van der Waals surface area contributed by atoms with Gasteiger partial charge in [0.15, 0.2) is 0 Å². The van der Waals surface area contributed by atoms with Crippen molar-refractivity contribution in [3.05, 3.63) is 0 Å². The highest BCUT2D eigenvalue weighted by Crippen LogP contribution is 2.10. The van der Waals surface area contributed by atoms with E-state index in [0.29, 0.717) is 19.3 Å². The van der Waals surface area contributed by atoms with Gasteiger partial charge in [-0.1, -0.05) is 58.3 Å². The van der Waals surface area contributed by atoms with Gasteiger partial charge in [0.1, 0.15) is 0 Å². The maximum Gasteiger partial charge on any atom is 0.325 e. The number of carbonyl (C=O) groups is 2. The molecule has 0 bridgehead atoms. The first-order valence-corrected chi connectivity index (χ1v) is 9.63. The number of nitrogens with zero attached hydrogens (tertiary/aromatic N) is 1. The Hall–Kier alpha value is -1.10. The van der Waals surface area contributed by atoms with E-state index in [4.69, 9.17) is 4.84 Å². The summed E-state index contributed by atoms with van der Waals surface area (Å²) in [5, 5.41) is 4.34. The molecule has 0 aliphatic carbocycles. The third kappa shape index (κ3) is 15.8. The molecular weight excluding hydrogens is 304 g/mol. The van der Waals surface area contributed by atoms with Crippen molar-refractivity contribution in [2.24, 2.45) is 0 Å². The molecule has 0 aliphatic heterocycles. The maximum absolute atomic E-state index is 11.8. The molecule has 0 saturated heterocycles. The first-order valence-electron chi connectivity index (χ1n) is 9.63. The fourth-order valence-corrected chi connectivity index (χ4v) is 2.60. The monoisotopic (exact) mass is 342 g/mol. The van der Waals surface area contributed by atoms with Crippen LogP contribution in [0.2, 0.25) is 0 Å². The quantitative estimate of drug-likeness (QED) is 0.358. The second kappa shape index (κ2) is 15.4. The number of hydrogen-bond acceptors (Lipinski definition) is 4. The fourth-order valence-electron chi connectivity index (χ4n) is 2.60. The van der Waals surface area contributed by atoms with Gasteiger partial charge in [-0.05, 0) is 19.8 Å². The van der Waals surface area contributed by atoms with Crippen molar-refractivity contribution >= 4 is 11.9 Å². The van der Waals surface area contributed by atoms with Gasteiger partial charge in [-0.2, -0.15) is 0 Å². The number of hydroxylamine groups is 2. The normalized spacial score (nSPS) is 12.2. The van der Waals surface area contributed by atoms with Crippen molar-refractivity contribution < 1.29 is 14.4 Å². The Bertz CT molecular complexity index is 333. The maximum atomic E-state index is 11.8. The van der Waals surface area contributed by atoms with Crippen LogP contribution in [0, 0.1) is 0 Å². The lowest BCUT2D eigenvalue weighted by Crippen LogP contribution is -2.33. The minimum Gasteiger partial charge on any atom is -0.369 e. The predicted molar refractivity (Wildman–Crippen MR) is 98.5 cm³/mol. The molecule has 142 valence electrons. The van der Waals surface area contributed by atoms with E-state index in [1.165, 1.54) is 50.0 Å². The van der Waals surface area contributed by atoms with Crippen molar-refractivity contribution in [2.45, 2.75) is 96.9 Å². The molecule has 24 heavy (non-hydrogen) atoms. The highest BCUT2D eigenvalue weighted by Gasteiger charge is 2.11. The summed E-state index contributed by atoms with van der Waals surface area (Å²) in [4.78, 5) is 28.2. The number of unbranched alkanes of at least 4 members (excludes halogenated alkanes) is 8. The molecule has 1 unspecified atom stereocenters. The summed E-state index contributed by atoms with van der Waals surface area (Å²) in [5.74, 6) is -0.175. The van der Waals surface area contributed by atoms with Crippen LogP contribution in [0.15, 0.2) is 0 Å². The molecular formula is C19H38N2O3. The molecule has 0 radical (unpaired) electrons. The van der Waals surface area contributed by atoms with E-state index >= 15 is 0 Å². The van der Waals surface area contributed by atoms with Crippen molar-refractivity contribution in [3.8, 4) is 0 Å². The Kier molecular flexibility index (Phi) is 14.7. The van der Waals surface area contributed by atoms with Gasteiger partial charge in [-0.25, -0.2) is 0 Å². The predicted octanol–water partition coefficient (Wildman–Crippen LogP) is 4.21. The van der Waals surface area contributed by atoms with E-state index in [-0.39, 0.29) is 17.9 Å². The van der Waals surface area contributed by atoms with Crippen LogP contribution < -0.4 is 5.32 Å². The van der Waals surface area contributed by atoms with E-state index < -0.39 is 0 Å². The second-order valence-electron chi connectivity index (χ2n) is 6.86. The van der Waals surface area contributed by atoms with Gasteiger partial charge in [0.2, 0.25) is 5.91 Å². The van der Waals surface area contributed by atoms with Crippen molar-refractivity contribution in [1.29, 1.82) is 0 Å². The molecule has 0 aromatic heterocycles. The lowest BCUT2D eigenvalue weighted by molar-refractivity contribution is -0.178. The Morgan fingerprint density at radius 2 is 1.46 bits per heavy atom. The van der Waals surface area contributed by atoms with E-state index in [9.17, 15) is 9.59 Å². The van der Waals surface area contributed by atoms with E-state index in [0.717, 1.165) is 12.8 Å². The van der Waals surface area contributed by atoms with Gasteiger partial charge >= 0.3 is 5.97 Å². The largest absolute Gasteiger partial charge is 0.369 e. The summed E-state index contributed by atoms with van der Waals surface area (Å²) in [6, 6.07) is 0.00535. The summed E-state index contributed by atoms with van der Waals surface area (Å²) in [6.07, 6.45) is 12.8. The molecule has 0 heterocycles. The van der Waals surface area contributed by atoms with Crippen LogP contribution >= 0.6 is 0 Å². The number of amides is 1. The summed E-state index contributed by atoms with van der Waals surface area (Å²) < 4.78 is 0. The third-order valence-corrected chi connectivity index (χ3v) is 3.98. The van der Waals surface area contributed by atoms with Gasteiger partial charge in [0, 0.05) is 33.0 Å². The van der Waals surface area contributed by atoms with E-state index in [2.05, 4.69) is 12.2 Å². The second-order valence-corrected chi connectivity index (χ2v) is 6.86. The zero-order valence-corrected chi connectivity index (χ0v) is 16.2. The van der Waals surface area contributed by atoms with Gasteiger partial charge < -0.3 is 10.2 Å². The molecule has 1 amide bonds. The van der Waals surface area contributed by atoms with Crippen LogP contribution in [0.25, 0.3) is 0 Å². The zero-order valence-electron chi connectivity index (χ0n) is 16.2. The standard InChI is InChI=1S/C19H38N2O3/c1-5-6-7-8-9-10-11-12-13-14-18(22)20-17(2)15-16-19(23)24-21(3)4/h17H,5-16H2,1-4H3,(H,20,22). The zero-order chi connectivity index (χ0) is 18.2. The first-order chi connectivity index (χ1) is 11.5. The lowest BCUT2D eigenvalue weighted by Gasteiger charge is -2.14. The molecule has 1 atom stereocenters. The molecule has 5 heteroatoms. The van der Waals surface area contributed by atoms with Crippen molar-refractivity contribution in [3.63, 3.8) is 0 Å². The summed E-state index contributed by atoms with van der Waals surface area (Å²) in [5.41, 5.74) is 0. The Labute approximate surface area is 148 Å². The number of rotatable bonds is 15. The highest BCUT2D eigenvalue weighted by molar-refractivity contribution is 5.76. The third-order valence-electron chi connectivity index (χ3n) is 3.98. The molecule has 0 spiro atoms. The van der Waals surface area contributed by atoms with Crippen LogP contribution in [-0.2, 0) is 14.4 Å². The number of hydrogen-bond donors (Lipinski definition) is 1. The fraction of sp³-hybridized carbons (Fsp3) is 0.895. The molecule has 0 aromatic carbocycles. The van der Waals surface area contributed by atoms with Crippen LogP contribution in [0.5, 0.6) is 0 Å². The highest BCUT2D eigenvalue weighted by atomic mass is 16.7. The van der Waals surface area contributed by atoms with E-state index in [1.54, 1.807) is 14.1 Å². The van der Waals surface area contributed by atoms with Gasteiger partial charge in [-0.3, -0.25) is 9.59 Å². The van der Waals surface area contributed by atoms with Crippen LogP contribution in [0.3, 0.4) is 0 Å². The Morgan fingerprint density at radius 1 is 0.917 bits per heavy atom. The van der Waals surface area contributed by atoms with Gasteiger partial charge in [-0.15, -0.1) is 5.06 Å². The Morgan fingerprint density at radius 3 is 2.00 bits per heavy atom. The first kappa shape index (κ1) is 22.9. The molecule has 0 aliphatic rings. The average Bonchev–Trinajstić information content (AvgIpc) is 2.50. The molecule has 5 nitrogen and oxygen atoms in total. The SMILES string of the molecule is CCCCCCCCCCCC(=O)NC(C)CCC(=O)ON(C)C. The summed E-state index contributed by atoms with van der Waals surface area (Å²) in [7, 11) is 3.35. The minimum atomic E-state index is -0.264. The molecule has 1 N–H and O–H groups in total. The van der Waals surface area contributed by atoms with Gasteiger partial charge in [0.05, 0.1) is 0 Å². The number of carbonyl (C=O) groups excluding carboxylic acids is 2. The summed E-state index contributed by atoms with van der Waals surface area (Å²) in [6.45, 7) is 4.17. The molecule has 0 aromatic rings. The topological polar surface area (TPSA) is 58.6 Å².